The van der Waals surface area contributed by atoms with Gasteiger partial charge in [-0.1, -0.05) is 97.8 Å². The van der Waals surface area contributed by atoms with Crippen molar-refractivity contribution in [2.24, 2.45) is 51.8 Å². The smallest absolute Gasteiger partial charge is 0.0678 e. The standard InChI is InChI=1S/C35H58O/c1-23(2)24(3)12-13-25(4)29-16-17-30-28-15-14-26-22-27(36-33(8,9)32(5,6)7)18-20-34(26,10)31(28)19-21-35(29,30)11/h12-15,23-25,27,29-31H,16-22H2,1-11H3/b13-12+/t24?,25?,27-,29?,30?,31?,34-,35+/m0/s1. The van der Waals surface area contributed by atoms with E-state index in [9.17, 15) is 0 Å². The molecule has 0 radical (unpaired) electrons. The first-order chi connectivity index (χ1) is 16.6. The number of rotatable bonds is 6. The van der Waals surface area contributed by atoms with Gasteiger partial charge in [0.1, 0.15) is 0 Å². The van der Waals surface area contributed by atoms with E-state index in [0.717, 1.165) is 30.1 Å². The summed E-state index contributed by atoms with van der Waals surface area (Å²) in [6, 6.07) is 0. The van der Waals surface area contributed by atoms with Gasteiger partial charge in [0.25, 0.3) is 0 Å². The average Bonchev–Trinajstić information content (AvgIpc) is 3.13. The Morgan fingerprint density at radius 1 is 0.861 bits per heavy atom. The molecule has 0 amide bonds. The Morgan fingerprint density at radius 3 is 2.19 bits per heavy atom. The van der Waals surface area contributed by atoms with E-state index in [1.54, 1.807) is 5.57 Å². The summed E-state index contributed by atoms with van der Waals surface area (Å²) in [4.78, 5) is 0. The van der Waals surface area contributed by atoms with Gasteiger partial charge in [-0.25, -0.2) is 0 Å². The molecule has 204 valence electrons. The molecule has 0 aromatic heterocycles. The second-order valence-electron chi connectivity index (χ2n) is 15.7. The molecule has 0 spiro atoms. The monoisotopic (exact) mass is 494 g/mol. The van der Waals surface area contributed by atoms with Crippen molar-refractivity contribution in [2.75, 3.05) is 0 Å². The van der Waals surface area contributed by atoms with Crippen molar-refractivity contribution in [3.05, 3.63) is 35.5 Å². The number of ether oxygens (including phenoxy) is 1. The first-order valence-electron chi connectivity index (χ1n) is 15.4. The lowest BCUT2D eigenvalue weighted by Crippen LogP contribution is -2.48. The Balaban J connectivity index is 1.52. The van der Waals surface area contributed by atoms with Crippen molar-refractivity contribution < 1.29 is 4.74 Å². The molecule has 5 unspecified atom stereocenters. The summed E-state index contributed by atoms with van der Waals surface area (Å²) in [5, 5.41) is 0. The minimum Gasteiger partial charge on any atom is -0.371 e. The van der Waals surface area contributed by atoms with Crippen LogP contribution in [0.25, 0.3) is 0 Å². The summed E-state index contributed by atoms with van der Waals surface area (Å²) in [5.41, 5.74) is 4.34. The first-order valence-corrected chi connectivity index (χ1v) is 15.4. The number of hydrogen-bond donors (Lipinski definition) is 0. The first kappa shape index (κ1) is 28.2. The van der Waals surface area contributed by atoms with Gasteiger partial charge in [-0.3, -0.25) is 0 Å². The van der Waals surface area contributed by atoms with E-state index >= 15 is 0 Å². The molecule has 36 heavy (non-hydrogen) atoms. The summed E-state index contributed by atoms with van der Waals surface area (Å²) in [5.74, 6) is 4.43. The molecule has 4 aliphatic carbocycles. The minimum absolute atomic E-state index is 0.106. The van der Waals surface area contributed by atoms with Crippen LogP contribution >= 0.6 is 0 Å². The fraction of sp³-hybridized carbons (Fsp3) is 0.829. The molecule has 0 N–H and O–H groups in total. The topological polar surface area (TPSA) is 9.23 Å². The molecule has 3 saturated carbocycles. The van der Waals surface area contributed by atoms with Crippen molar-refractivity contribution in [3.8, 4) is 0 Å². The van der Waals surface area contributed by atoms with E-state index in [4.69, 9.17) is 4.74 Å². The second kappa shape index (κ2) is 9.73. The van der Waals surface area contributed by atoms with E-state index in [0.29, 0.717) is 28.8 Å². The highest BCUT2D eigenvalue weighted by Crippen LogP contribution is 2.66. The van der Waals surface area contributed by atoms with Crippen molar-refractivity contribution in [1.29, 1.82) is 0 Å². The fourth-order valence-corrected chi connectivity index (χ4v) is 8.27. The molecular formula is C35H58O. The Morgan fingerprint density at radius 2 is 1.56 bits per heavy atom. The van der Waals surface area contributed by atoms with E-state index in [2.05, 4.69) is 100 Å². The SMILES string of the molecule is CC(C)C(C)/C=C/C(C)C1CCC2C3=CC=C4C[C@@H](OC(C)(C)C(C)(C)C)CC[C@]4(C)C3CC[C@@]21C. The zero-order chi connectivity index (χ0) is 26.7. The molecule has 0 aromatic rings. The van der Waals surface area contributed by atoms with E-state index < -0.39 is 0 Å². The van der Waals surface area contributed by atoms with Crippen LogP contribution in [0.5, 0.6) is 0 Å². The molecule has 0 aromatic carbocycles. The van der Waals surface area contributed by atoms with Crippen LogP contribution in [0.2, 0.25) is 0 Å². The summed E-state index contributed by atoms with van der Waals surface area (Å²) < 4.78 is 6.79. The quantitative estimate of drug-likeness (QED) is 0.334. The molecule has 0 aliphatic heterocycles. The van der Waals surface area contributed by atoms with Crippen LogP contribution in [-0.2, 0) is 4.74 Å². The van der Waals surface area contributed by atoms with Crippen LogP contribution in [0.3, 0.4) is 0 Å². The second-order valence-corrected chi connectivity index (χ2v) is 15.7. The van der Waals surface area contributed by atoms with Gasteiger partial charge in [0.05, 0.1) is 11.7 Å². The molecule has 1 nitrogen and oxygen atoms in total. The predicted octanol–water partition coefficient (Wildman–Crippen LogP) is 10.2. The van der Waals surface area contributed by atoms with Crippen molar-refractivity contribution in [1.82, 2.24) is 0 Å². The van der Waals surface area contributed by atoms with Crippen LogP contribution < -0.4 is 0 Å². The highest BCUT2D eigenvalue weighted by atomic mass is 16.5. The maximum absolute atomic E-state index is 6.79. The molecule has 3 fully saturated rings. The Labute approximate surface area is 224 Å². The van der Waals surface area contributed by atoms with Crippen LogP contribution in [-0.4, -0.2) is 11.7 Å². The number of fused-ring (bicyclic) bond motifs is 5. The maximum Gasteiger partial charge on any atom is 0.0678 e. The minimum atomic E-state index is -0.106. The third-order valence-corrected chi connectivity index (χ3v) is 12.3. The molecule has 4 aliphatic rings. The van der Waals surface area contributed by atoms with Crippen LogP contribution in [0, 0.1) is 51.8 Å². The van der Waals surface area contributed by atoms with Gasteiger partial charge in [-0.05, 0) is 111 Å². The lowest BCUT2D eigenvalue weighted by molar-refractivity contribution is -0.141. The third kappa shape index (κ3) is 4.85. The number of hydrogen-bond acceptors (Lipinski definition) is 1. The Kier molecular flexibility index (Phi) is 7.62. The lowest BCUT2D eigenvalue weighted by Gasteiger charge is -2.56. The van der Waals surface area contributed by atoms with Gasteiger partial charge in [-0.2, -0.15) is 0 Å². The Bertz CT molecular complexity index is 894. The normalized spacial score (nSPS) is 38.8. The largest absolute Gasteiger partial charge is 0.371 e. The summed E-state index contributed by atoms with van der Waals surface area (Å²) >= 11 is 0. The molecule has 1 heteroatoms. The molecular weight excluding hydrogens is 436 g/mol. The van der Waals surface area contributed by atoms with Crippen molar-refractivity contribution >= 4 is 0 Å². The summed E-state index contributed by atoms with van der Waals surface area (Å²) in [6.45, 7) is 26.3. The maximum atomic E-state index is 6.79. The van der Waals surface area contributed by atoms with E-state index in [-0.39, 0.29) is 11.0 Å². The highest BCUT2D eigenvalue weighted by molar-refractivity contribution is 5.39. The van der Waals surface area contributed by atoms with Gasteiger partial charge in [-0.15, -0.1) is 0 Å². The Hall–Kier alpha value is -0.820. The zero-order valence-electron chi connectivity index (χ0n) is 25.7. The summed E-state index contributed by atoms with van der Waals surface area (Å²) in [6.07, 6.45) is 19.8. The molecule has 0 bridgehead atoms. The van der Waals surface area contributed by atoms with E-state index in [1.165, 1.54) is 38.5 Å². The van der Waals surface area contributed by atoms with Crippen LogP contribution in [0.15, 0.2) is 35.5 Å². The van der Waals surface area contributed by atoms with Crippen LogP contribution in [0.1, 0.15) is 121 Å². The summed E-state index contributed by atoms with van der Waals surface area (Å²) in [7, 11) is 0. The van der Waals surface area contributed by atoms with Gasteiger partial charge >= 0.3 is 0 Å². The number of allylic oxidation sites excluding steroid dienone is 5. The fourth-order valence-electron chi connectivity index (χ4n) is 8.27. The van der Waals surface area contributed by atoms with E-state index in [1.807, 2.05) is 5.57 Å². The van der Waals surface area contributed by atoms with Crippen molar-refractivity contribution in [2.45, 2.75) is 133 Å². The zero-order valence-corrected chi connectivity index (χ0v) is 25.7. The van der Waals surface area contributed by atoms with Gasteiger partial charge in [0.15, 0.2) is 0 Å². The average molecular weight is 495 g/mol. The third-order valence-electron chi connectivity index (χ3n) is 12.3. The molecule has 0 heterocycles. The molecule has 0 saturated heterocycles. The van der Waals surface area contributed by atoms with Crippen molar-refractivity contribution in [3.63, 3.8) is 0 Å². The highest BCUT2D eigenvalue weighted by Gasteiger charge is 2.57. The van der Waals surface area contributed by atoms with Gasteiger partial charge < -0.3 is 4.74 Å². The van der Waals surface area contributed by atoms with Crippen LogP contribution in [0.4, 0.5) is 0 Å². The van der Waals surface area contributed by atoms with Gasteiger partial charge in [0.2, 0.25) is 0 Å². The molecule has 8 atom stereocenters. The lowest BCUT2D eigenvalue weighted by atomic mass is 9.50. The van der Waals surface area contributed by atoms with Gasteiger partial charge in [0, 0.05) is 0 Å². The molecule has 4 rings (SSSR count). The predicted molar refractivity (Wildman–Crippen MR) is 156 cm³/mol.